The highest BCUT2D eigenvalue weighted by atomic mass is 31.2. The molecule has 0 radical (unpaired) electrons. The minimum absolute atomic E-state index is 0.0146. The Morgan fingerprint density at radius 1 is 0.526 bits per heavy atom. The fourth-order valence-corrected chi connectivity index (χ4v) is 7.75. The Morgan fingerprint density at radius 3 is 1.32 bits per heavy atom. The summed E-state index contributed by atoms with van der Waals surface area (Å²) in [4.78, 5) is 60.9. The number of rotatable bonds is 45. The van der Waals surface area contributed by atoms with Gasteiger partial charge in [-0.05, 0) is 19.8 Å². The number of amides is 1. The van der Waals surface area contributed by atoms with Crippen LogP contribution in [0, 0.1) is 0 Å². The van der Waals surface area contributed by atoms with Crippen LogP contribution in [-0.4, -0.2) is 49.3 Å². The Bertz CT molecular complexity index is 976. The molecule has 0 heterocycles. The van der Waals surface area contributed by atoms with Crippen LogP contribution in [0.1, 0.15) is 245 Å². The third-order valence-electron chi connectivity index (χ3n) is 10.6. The molecule has 11 heteroatoms. The molecular formula is C46H87NO9P-. The summed E-state index contributed by atoms with van der Waals surface area (Å²) in [6.07, 6.45) is 36.5. The Kier molecular flexibility index (Phi) is 40.0. The van der Waals surface area contributed by atoms with Gasteiger partial charge in [0.25, 0.3) is 7.82 Å². The molecule has 0 saturated heterocycles. The molecule has 0 aliphatic carbocycles. The van der Waals surface area contributed by atoms with E-state index in [9.17, 15) is 28.6 Å². The van der Waals surface area contributed by atoms with E-state index >= 15 is 0 Å². The predicted octanol–water partition coefficient (Wildman–Crippen LogP) is 12.4. The second-order valence-corrected chi connectivity index (χ2v) is 17.8. The molecule has 0 rings (SSSR count). The molecular weight excluding hydrogens is 741 g/mol. The molecule has 1 N–H and O–H groups in total. The lowest BCUT2D eigenvalue weighted by Gasteiger charge is -2.25. The zero-order valence-electron chi connectivity index (χ0n) is 37.1. The Balaban J connectivity index is 4.46. The number of esters is 1. The first-order chi connectivity index (χ1) is 27.6. The van der Waals surface area contributed by atoms with Crippen LogP contribution < -0.4 is 10.2 Å². The molecule has 2 unspecified atom stereocenters. The molecule has 0 aromatic rings. The fourth-order valence-electron chi connectivity index (χ4n) is 7.01. The topological polar surface area (TPSA) is 148 Å². The van der Waals surface area contributed by atoms with Crippen molar-refractivity contribution in [2.45, 2.75) is 252 Å². The molecule has 1 amide bonds. The van der Waals surface area contributed by atoms with Crippen molar-refractivity contribution in [1.82, 2.24) is 5.32 Å². The van der Waals surface area contributed by atoms with E-state index in [-0.39, 0.29) is 56.3 Å². The van der Waals surface area contributed by atoms with Crippen LogP contribution in [0.5, 0.6) is 0 Å². The first kappa shape index (κ1) is 55.4. The van der Waals surface area contributed by atoms with E-state index < -0.39 is 26.5 Å². The van der Waals surface area contributed by atoms with Crippen molar-refractivity contribution in [2.24, 2.45) is 0 Å². The average Bonchev–Trinajstić information content (AvgIpc) is 3.17. The van der Waals surface area contributed by atoms with Crippen molar-refractivity contribution in [3.8, 4) is 0 Å². The van der Waals surface area contributed by atoms with Crippen molar-refractivity contribution < 1.29 is 42.4 Å². The number of ketones is 2. The molecule has 0 saturated carbocycles. The van der Waals surface area contributed by atoms with Gasteiger partial charge >= 0.3 is 5.97 Å². The fraction of sp³-hybridized carbons (Fsp3) is 0.913. The van der Waals surface area contributed by atoms with Gasteiger partial charge in [0.1, 0.15) is 17.7 Å². The van der Waals surface area contributed by atoms with Crippen molar-refractivity contribution in [3.05, 3.63) is 0 Å². The maximum Gasteiger partial charge on any atom is 0.306 e. The van der Waals surface area contributed by atoms with Gasteiger partial charge < -0.3 is 28.8 Å². The van der Waals surface area contributed by atoms with Gasteiger partial charge in [0.15, 0.2) is 0 Å². The number of phosphoric ester groups is 1. The normalized spacial score (nSPS) is 13.0. The van der Waals surface area contributed by atoms with Gasteiger partial charge in [-0.1, -0.05) is 194 Å². The first-order valence-electron chi connectivity index (χ1n) is 23.7. The molecule has 10 nitrogen and oxygen atoms in total. The number of ether oxygens (including phenoxy) is 1. The van der Waals surface area contributed by atoms with Crippen LogP contribution in [0.25, 0.3) is 0 Å². The van der Waals surface area contributed by atoms with Gasteiger partial charge in [-0.25, -0.2) is 0 Å². The molecule has 0 aliphatic rings. The van der Waals surface area contributed by atoms with Crippen LogP contribution >= 0.6 is 7.82 Å². The van der Waals surface area contributed by atoms with Gasteiger partial charge in [0.2, 0.25) is 5.91 Å². The van der Waals surface area contributed by atoms with Crippen LogP contribution in [0.4, 0.5) is 0 Å². The van der Waals surface area contributed by atoms with Crippen molar-refractivity contribution in [1.29, 1.82) is 0 Å². The third kappa shape index (κ3) is 42.3. The smallest absolute Gasteiger partial charge is 0.306 e. The van der Waals surface area contributed by atoms with E-state index in [2.05, 4.69) is 19.2 Å². The standard InChI is InChI=1S/C46H88NO9P/c1-4-6-8-10-12-14-16-18-20-22-24-26-28-30-32-34-43(49)40-44(41-55-57(52,53)54-39-38-47-45(50)37-36-42(3)48)56-46(51)35-33-31-29-27-25-23-21-19-17-15-13-11-9-7-5-2/h44H,4-41H2,1-3H3,(H,47,50)(H,52,53)/p-1. The summed E-state index contributed by atoms with van der Waals surface area (Å²) in [6.45, 7) is 4.95. The van der Waals surface area contributed by atoms with Crippen molar-refractivity contribution in [3.63, 3.8) is 0 Å². The highest BCUT2D eigenvalue weighted by molar-refractivity contribution is 7.45. The molecule has 0 fully saturated rings. The Hall–Kier alpha value is -1.61. The van der Waals surface area contributed by atoms with E-state index in [1.165, 1.54) is 155 Å². The number of carbonyl (C=O) groups is 4. The van der Waals surface area contributed by atoms with Crippen molar-refractivity contribution >= 4 is 31.3 Å². The zero-order chi connectivity index (χ0) is 42.1. The van der Waals surface area contributed by atoms with E-state index in [1.54, 1.807) is 0 Å². The first-order valence-corrected chi connectivity index (χ1v) is 25.1. The minimum Gasteiger partial charge on any atom is -0.756 e. The van der Waals surface area contributed by atoms with E-state index in [0.717, 1.165) is 38.5 Å². The Morgan fingerprint density at radius 2 is 0.912 bits per heavy atom. The van der Waals surface area contributed by atoms with Crippen molar-refractivity contribution in [2.75, 3.05) is 19.8 Å². The molecule has 0 aliphatic heterocycles. The van der Waals surface area contributed by atoms with E-state index in [4.69, 9.17) is 13.8 Å². The van der Waals surface area contributed by atoms with E-state index in [0.29, 0.717) is 12.8 Å². The molecule has 0 spiro atoms. The molecule has 0 bridgehead atoms. The summed E-state index contributed by atoms with van der Waals surface area (Å²) in [6, 6.07) is 0. The van der Waals surface area contributed by atoms with Crippen LogP contribution in [0.3, 0.4) is 0 Å². The summed E-state index contributed by atoms with van der Waals surface area (Å²) in [5, 5.41) is 2.49. The summed E-state index contributed by atoms with van der Waals surface area (Å²) in [5.74, 6) is -1.05. The van der Waals surface area contributed by atoms with Crippen LogP contribution in [0.15, 0.2) is 0 Å². The summed E-state index contributed by atoms with van der Waals surface area (Å²) in [7, 11) is -4.79. The van der Waals surface area contributed by atoms with Gasteiger partial charge in [-0.15, -0.1) is 0 Å². The Labute approximate surface area is 349 Å². The highest BCUT2D eigenvalue weighted by Gasteiger charge is 2.22. The quantitative estimate of drug-likeness (QED) is 0.0360. The number of nitrogens with one attached hydrogen (secondary N) is 1. The summed E-state index contributed by atoms with van der Waals surface area (Å²) >= 11 is 0. The maximum absolute atomic E-state index is 12.9. The second kappa shape index (κ2) is 41.1. The molecule has 0 aromatic carbocycles. The van der Waals surface area contributed by atoms with E-state index in [1.807, 2.05) is 0 Å². The minimum atomic E-state index is -4.79. The summed E-state index contributed by atoms with van der Waals surface area (Å²) in [5.41, 5.74) is 0. The van der Waals surface area contributed by atoms with Gasteiger partial charge in [0, 0.05) is 38.6 Å². The number of Topliss-reactive ketones (excluding diaryl/α,β-unsaturated/α-hetero) is 2. The zero-order valence-corrected chi connectivity index (χ0v) is 38.0. The SMILES string of the molecule is CCCCCCCCCCCCCCCCCC(=O)CC(COP(=O)([O-])OCCNC(=O)CCC(C)=O)OC(=O)CCCCCCCCCCCCCCCCC. The molecule has 57 heavy (non-hydrogen) atoms. The lowest BCUT2D eigenvalue weighted by Crippen LogP contribution is -2.29. The number of hydrogen-bond donors (Lipinski definition) is 1. The lowest BCUT2D eigenvalue weighted by atomic mass is 10.0. The van der Waals surface area contributed by atoms with Gasteiger partial charge in [0.05, 0.1) is 13.2 Å². The van der Waals surface area contributed by atoms with Crippen LogP contribution in [-0.2, 0) is 37.5 Å². The molecule has 336 valence electrons. The average molecular weight is 829 g/mol. The number of hydrogen-bond acceptors (Lipinski definition) is 9. The molecule has 2 atom stereocenters. The monoisotopic (exact) mass is 829 g/mol. The lowest BCUT2D eigenvalue weighted by molar-refractivity contribution is -0.228. The number of carbonyl (C=O) groups excluding carboxylic acids is 4. The predicted molar refractivity (Wildman–Crippen MR) is 231 cm³/mol. The van der Waals surface area contributed by atoms with Gasteiger partial charge in [-0.2, -0.15) is 0 Å². The second-order valence-electron chi connectivity index (χ2n) is 16.4. The highest BCUT2D eigenvalue weighted by Crippen LogP contribution is 2.38. The third-order valence-corrected chi connectivity index (χ3v) is 11.6. The molecule has 0 aromatic heterocycles. The van der Waals surface area contributed by atoms with Gasteiger partial charge in [-0.3, -0.25) is 18.9 Å². The maximum atomic E-state index is 12.9. The number of unbranched alkanes of at least 4 members (excludes halogenated alkanes) is 28. The van der Waals surface area contributed by atoms with Crippen LogP contribution in [0.2, 0.25) is 0 Å². The largest absolute Gasteiger partial charge is 0.756 e. The number of phosphoric acid groups is 1. The summed E-state index contributed by atoms with van der Waals surface area (Å²) < 4.78 is 27.9.